The fraction of sp³-hybridized carbons (Fsp3) is 0.412. The van der Waals surface area contributed by atoms with Gasteiger partial charge in [0.15, 0.2) is 19.0 Å². The number of anilines is 3. The third-order valence-electron chi connectivity index (χ3n) is 7.46. The lowest BCUT2D eigenvalue weighted by Crippen LogP contribution is -2.45. The zero-order valence-corrected chi connectivity index (χ0v) is 30.1. The standard InChI is InChI=1S/C34H39ClF3N7O8/c1-21(53-20-46)27(49-4)16-51-32(48)45-12-5-13-50-26-11-6-22(14-25(26)35)15-39-29-42-30(44-31(43-29)52-19-34(36,37)38)41-24-9-7-23(8-10-24)28(47)40-17-33(2,3)18-45/h6-11,14,20H,5,12-13,15-19H2,1-4H3,(H,40,47)(H2,39,41,42,43,44)/b27-21-. The minimum absolute atomic E-state index is 0.0776. The summed E-state index contributed by atoms with van der Waals surface area (Å²) in [4.78, 5) is 50.8. The molecule has 7 rings (SSSR count). The highest BCUT2D eigenvalue weighted by Crippen LogP contribution is 2.27. The summed E-state index contributed by atoms with van der Waals surface area (Å²) >= 11 is 6.50. The molecule has 3 N–H and O–H groups in total. The van der Waals surface area contributed by atoms with Crippen LogP contribution in [0, 0.1) is 5.41 Å². The number of amides is 2. The lowest BCUT2D eigenvalue weighted by Gasteiger charge is -2.32. The van der Waals surface area contributed by atoms with Gasteiger partial charge < -0.3 is 44.5 Å². The second-order valence-electron chi connectivity index (χ2n) is 12.4. The second-order valence-corrected chi connectivity index (χ2v) is 12.8. The average Bonchev–Trinajstić information content (AvgIpc) is 3.10. The molecule has 286 valence electrons. The fourth-order valence-electron chi connectivity index (χ4n) is 4.82. The number of aromatic nitrogens is 3. The van der Waals surface area contributed by atoms with E-state index in [-0.39, 0.29) is 80.2 Å². The molecule has 19 heteroatoms. The molecular formula is C34H39ClF3N7O8. The third-order valence-corrected chi connectivity index (χ3v) is 7.75. The summed E-state index contributed by atoms with van der Waals surface area (Å²) in [6.07, 6.45) is -4.91. The first-order valence-corrected chi connectivity index (χ1v) is 16.5. The number of alkyl halides is 3. The molecule has 0 fully saturated rings. The maximum Gasteiger partial charge on any atom is 0.422 e. The Bertz CT molecular complexity index is 1780. The van der Waals surface area contributed by atoms with E-state index in [0.717, 1.165) is 0 Å². The number of halogens is 4. The summed E-state index contributed by atoms with van der Waals surface area (Å²) in [7, 11) is 1.36. The number of hydrogen-bond donors (Lipinski definition) is 3. The number of benzene rings is 2. The topological polar surface area (TPSA) is 175 Å². The van der Waals surface area contributed by atoms with Gasteiger partial charge in [-0.2, -0.15) is 28.1 Å². The van der Waals surface area contributed by atoms with Gasteiger partial charge in [-0.25, -0.2) is 4.79 Å². The monoisotopic (exact) mass is 765 g/mol. The van der Waals surface area contributed by atoms with E-state index in [1.807, 2.05) is 13.8 Å². The highest BCUT2D eigenvalue weighted by molar-refractivity contribution is 6.32. The zero-order chi connectivity index (χ0) is 38.6. The Kier molecular flexibility index (Phi) is 13.9. The van der Waals surface area contributed by atoms with E-state index in [0.29, 0.717) is 29.0 Å². The van der Waals surface area contributed by atoms with E-state index >= 15 is 0 Å². The van der Waals surface area contributed by atoms with Crippen molar-refractivity contribution in [1.29, 1.82) is 0 Å². The van der Waals surface area contributed by atoms with Crippen molar-refractivity contribution in [3.05, 3.63) is 70.1 Å². The van der Waals surface area contributed by atoms with Gasteiger partial charge in [0.25, 0.3) is 12.4 Å². The van der Waals surface area contributed by atoms with Crippen molar-refractivity contribution in [2.45, 2.75) is 39.9 Å². The van der Waals surface area contributed by atoms with Gasteiger partial charge >= 0.3 is 18.3 Å². The number of allylic oxidation sites excluding steroid dienone is 1. The highest BCUT2D eigenvalue weighted by atomic mass is 35.5. The van der Waals surface area contributed by atoms with Crippen molar-refractivity contribution in [2.24, 2.45) is 5.41 Å². The number of carbonyl (C=O) groups is 3. The maximum atomic E-state index is 13.3. The lowest BCUT2D eigenvalue weighted by atomic mass is 9.92. The Balaban J connectivity index is 1.58. The Morgan fingerprint density at radius 1 is 1.09 bits per heavy atom. The van der Waals surface area contributed by atoms with Gasteiger partial charge in [-0.15, -0.1) is 0 Å². The summed E-state index contributed by atoms with van der Waals surface area (Å²) < 4.78 is 64.9. The Hall–Kier alpha value is -5.52. The minimum Gasteiger partial charge on any atom is -0.494 e. The molecule has 1 aromatic heterocycles. The van der Waals surface area contributed by atoms with Crippen molar-refractivity contribution in [2.75, 3.05) is 57.2 Å². The molecule has 15 nitrogen and oxygen atoms in total. The molecule has 0 spiro atoms. The molecular weight excluding hydrogens is 727 g/mol. The van der Waals surface area contributed by atoms with Crippen LogP contribution in [-0.2, 0) is 25.5 Å². The van der Waals surface area contributed by atoms with Gasteiger partial charge in [-0.1, -0.05) is 31.5 Å². The fourth-order valence-corrected chi connectivity index (χ4v) is 5.07. The van der Waals surface area contributed by atoms with Crippen LogP contribution in [0.3, 0.4) is 0 Å². The Morgan fingerprint density at radius 2 is 1.83 bits per heavy atom. The number of methoxy groups -OCH3 is 1. The summed E-state index contributed by atoms with van der Waals surface area (Å²) in [6, 6.07) is 10.7. The SMILES string of the molecule is CO/C(COC(=O)N1CCCOc2ccc(cc2Cl)CNc2nc(nc(OCC(F)(F)F)n2)Nc2ccc(cc2)C(=O)NCC(C)(C)C1)=C(/C)OC=O. The van der Waals surface area contributed by atoms with Gasteiger partial charge in [-0.3, -0.25) is 9.59 Å². The molecule has 2 amide bonds. The van der Waals surface area contributed by atoms with Crippen molar-refractivity contribution in [3.8, 4) is 11.8 Å². The number of rotatable bonds is 7. The van der Waals surface area contributed by atoms with Crippen LogP contribution in [0.2, 0.25) is 5.02 Å². The minimum atomic E-state index is -4.62. The predicted octanol–water partition coefficient (Wildman–Crippen LogP) is 5.85. The van der Waals surface area contributed by atoms with Crippen molar-refractivity contribution in [3.63, 3.8) is 0 Å². The molecule has 0 atom stereocenters. The zero-order valence-electron chi connectivity index (χ0n) is 29.3. The molecule has 0 saturated heterocycles. The van der Waals surface area contributed by atoms with Crippen LogP contribution in [0.5, 0.6) is 11.8 Å². The highest BCUT2D eigenvalue weighted by Gasteiger charge is 2.30. The van der Waals surface area contributed by atoms with Crippen LogP contribution < -0.4 is 25.4 Å². The summed E-state index contributed by atoms with van der Waals surface area (Å²) in [5.41, 5.74) is 0.771. The van der Waals surface area contributed by atoms with Crippen LogP contribution in [0.1, 0.15) is 43.1 Å². The Morgan fingerprint density at radius 3 is 2.51 bits per heavy atom. The largest absolute Gasteiger partial charge is 0.494 e. The molecule has 53 heavy (non-hydrogen) atoms. The molecule has 2 aromatic carbocycles. The first-order valence-electron chi connectivity index (χ1n) is 16.2. The Labute approximate surface area is 308 Å². The van der Waals surface area contributed by atoms with E-state index in [4.69, 9.17) is 35.3 Å². The average molecular weight is 766 g/mol. The lowest BCUT2D eigenvalue weighted by molar-refractivity contribution is -0.154. The van der Waals surface area contributed by atoms with Gasteiger partial charge in [0.1, 0.15) is 11.5 Å². The van der Waals surface area contributed by atoms with Gasteiger partial charge in [0.2, 0.25) is 11.9 Å². The van der Waals surface area contributed by atoms with Crippen molar-refractivity contribution >= 4 is 47.7 Å². The van der Waals surface area contributed by atoms with Crippen molar-refractivity contribution < 1.29 is 51.2 Å². The quantitative estimate of drug-likeness (QED) is 0.193. The van der Waals surface area contributed by atoms with E-state index in [1.54, 1.807) is 42.5 Å². The molecule has 0 aliphatic carbocycles. The first kappa shape index (κ1) is 40.3. The second kappa shape index (κ2) is 18.3. The molecule has 0 saturated carbocycles. The van der Waals surface area contributed by atoms with Crippen LogP contribution in [0.4, 0.5) is 35.5 Å². The normalized spacial score (nSPS) is 15.7. The van der Waals surface area contributed by atoms with Gasteiger partial charge in [-0.05, 0) is 60.7 Å². The predicted molar refractivity (Wildman–Crippen MR) is 186 cm³/mol. The van der Waals surface area contributed by atoms with Gasteiger partial charge in [0.05, 0.1) is 18.7 Å². The smallest absolute Gasteiger partial charge is 0.422 e. The molecule has 0 unspecified atom stereocenters. The van der Waals surface area contributed by atoms with Crippen LogP contribution in [-0.4, -0.2) is 91.1 Å². The number of nitrogens with one attached hydrogen (secondary N) is 3. The van der Waals surface area contributed by atoms with E-state index in [1.165, 1.54) is 18.9 Å². The third kappa shape index (κ3) is 12.9. The van der Waals surface area contributed by atoms with E-state index in [9.17, 15) is 27.6 Å². The molecule has 6 bridgehead atoms. The number of ether oxygens (including phenoxy) is 5. The summed E-state index contributed by atoms with van der Waals surface area (Å²) in [5, 5.41) is 9.00. The van der Waals surface area contributed by atoms with Crippen LogP contribution >= 0.6 is 11.6 Å². The van der Waals surface area contributed by atoms with E-state index in [2.05, 4.69) is 30.9 Å². The van der Waals surface area contributed by atoms with Crippen LogP contribution in [0.25, 0.3) is 0 Å². The molecule has 4 aliphatic rings. The summed E-state index contributed by atoms with van der Waals surface area (Å²) in [5.74, 6) is 0.0858. The molecule has 0 radical (unpaired) electrons. The number of carbonyl (C=O) groups excluding carboxylic acids is 3. The van der Waals surface area contributed by atoms with Gasteiger partial charge in [0, 0.05) is 37.4 Å². The number of hydrogen-bond acceptors (Lipinski definition) is 13. The van der Waals surface area contributed by atoms with E-state index < -0.39 is 30.3 Å². The molecule has 4 aliphatic heterocycles. The number of nitrogens with zero attached hydrogens (tertiary/aromatic N) is 4. The van der Waals surface area contributed by atoms with Crippen LogP contribution in [0.15, 0.2) is 54.0 Å². The molecule has 3 aromatic rings. The first-order chi connectivity index (χ1) is 25.1. The summed E-state index contributed by atoms with van der Waals surface area (Å²) in [6.45, 7) is 4.43. The van der Waals surface area contributed by atoms with Crippen molar-refractivity contribution in [1.82, 2.24) is 25.2 Å². The maximum absolute atomic E-state index is 13.3. The molecule has 5 heterocycles.